The van der Waals surface area contributed by atoms with Gasteiger partial charge < -0.3 is 34.0 Å². The van der Waals surface area contributed by atoms with Crippen LogP contribution in [-0.4, -0.2) is 138 Å². The number of aliphatic hydroxyl groups is 1. The van der Waals surface area contributed by atoms with Gasteiger partial charge in [0.1, 0.15) is 18.5 Å². The molecule has 3 aromatic heterocycles. The highest BCUT2D eigenvalue weighted by Crippen LogP contribution is 2.35. The number of amides is 4. The lowest BCUT2D eigenvalue weighted by molar-refractivity contribution is -0.137. The number of rotatable bonds is 11. The van der Waals surface area contributed by atoms with Crippen LogP contribution in [0.3, 0.4) is 0 Å². The van der Waals surface area contributed by atoms with Gasteiger partial charge in [-0.1, -0.05) is 12.1 Å². The van der Waals surface area contributed by atoms with Crippen LogP contribution >= 0.6 is 0 Å². The fourth-order valence-corrected chi connectivity index (χ4v) is 11.2. The van der Waals surface area contributed by atoms with Crippen LogP contribution < -0.4 is 20.8 Å². The van der Waals surface area contributed by atoms with Crippen molar-refractivity contribution in [2.75, 3.05) is 62.2 Å². The van der Waals surface area contributed by atoms with Crippen LogP contribution in [-0.2, 0) is 40.6 Å². The van der Waals surface area contributed by atoms with Crippen molar-refractivity contribution in [3.63, 3.8) is 0 Å². The first-order valence-corrected chi connectivity index (χ1v) is 25.2. The zero-order valence-corrected chi connectivity index (χ0v) is 40.8. The molecule has 21 heteroatoms. The number of imidazole rings is 1. The van der Waals surface area contributed by atoms with Crippen molar-refractivity contribution in [3.05, 3.63) is 141 Å². The predicted octanol–water partition coefficient (Wildman–Crippen LogP) is 4.69. The molecule has 2 N–H and O–H groups in total. The number of pyridine rings is 1. The molecule has 74 heavy (non-hydrogen) atoms. The number of alkyl halides is 3. The Bertz CT molecular complexity index is 3190. The number of carbonyl (C=O) groups excluding carboxylic acids is 4. The molecule has 18 nitrogen and oxygen atoms in total. The number of nitrogens with zero attached hydrogens (tertiary/aromatic N) is 10. The van der Waals surface area contributed by atoms with Crippen molar-refractivity contribution in [2.45, 2.75) is 82.1 Å². The van der Waals surface area contributed by atoms with Crippen LogP contribution in [0, 0.1) is 0 Å². The molecule has 0 bridgehead atoms. The normalized spacial score (nSPS) is 20.6. The van der Waals surface area contributed by atoms with Crippen LogP contribution in [0.25, 0.3) is 11.2 Å². The number of nitrogens with one attached hydrogen (secondary N) is 1. The summed E-state index contributed by atoms with van der Waals surface area (Å²) in [6.07, 6.45) is 1.44. The molecule has 0 aliphatic carbocycles. The lowest BCUT2D eigenvalue weighted by Gasteiger charge is -2.38. The number of hydrogen-bond donors (Lipinski definition) is 2. The van der Waals surface area contributed by atoms with Gasteiger partial charge in [-0.25, -0.2) is 4.79 Å². The highest BCUT2D eigenvalue weighted by molar-refractivity contribution is 6.05. The average molecular weight is 1020 g/mol. The second-order valence-electron chi connectivity index (χ2n) is 20.0. The number of aliphatic hydroxyl groups excluding tert-OH is 1. The van der Waals surface area contributed by atoms with E-state index >= 15 is 0 Å². The molecule has 8 heterocycles. The second-order valence-corrected chi connectivity index (χ2v) is 20.0. The quantitative estimate of drug-likeness (QED) is 0.171. The molecule has 4 amide bonds. The van der Waals surface area contributed by atoms with Crippen LogP contribution in [0.2, 0.25) is 0 Å². The number of benzene rings is 3. The number of ether oxygens (including phenoxy) is 1. The molecule has 11 rings (SSSR count). The fourth-order valence-electron chi connectivity index (χ4n) is 11.2. The first-order chi connectivity index (χ1) is 35.6. The van der Waals surface area contributed by atoms with Crippen molar-refractivity contribution in [3.8, 4) is 5.69 Å². The number of anilines is 2. The summed E-state index contributed by atoms with van der Waals surface area (Å²) in [5.41, 5.74) is 3.26. The Hall–Kier alpha value is -7.36. The summed E-state index contributed by atoms with van der Waals surface area (Å²) in [5, 5.41) is 21.1. The number of aromatic nitrogens is 5. The molecular weight excluding hydrogens is 960 g/mol. The van der Waals surface area contributed by atoms with Gasteiger partial charge in [0, 0.05) is 107 Å². The van der Waals surface area contributed by atoms with E-state index < -0.39 is 35.5 Å². The van der Waals surface area contributed by atoms with Crippen LogP contribution in [0.1, 0.15) is 93.4 Å². The lowest BCUT2D eigenvalue weighted by Crippen LogP contribution is -2.52. The Balaban J connectivity index is 0.663. The van der Waals surface area contributed by atoms with Gasteiger partial charge in [-0.3, -0.25) is 38.4 Å². The molecule has 0 radical (unpaired) electrons. The molecule has 3 aromatic carbocycles. The molecule has 5 aliphatic rings. The number of halogens is 3. The van der Waals surface area contributed by atoms with Crippen molar-refractivity contribution < 1.29 is 42.2 Å². The SMILES string of the molecule is Cn1cnnc1[C@H](O)c1cccc(-n2cc3c(C(F)(F)F)cc(CN4CCC[C@@H](OC5CCN(C(=O)c6ccc(N7CCN(c8ccc9c(c8)CN(C8CCC(=O)NC8=O)C9=O)CC7)cc6)CC5)C4)cn3c2=O)c1. The van der Waals surface area contributed by atoms with E-state index in [1.54, 1.807) is 40.8 Å². The Kier molecular flexibility index (Phi) is 13.1. The summed E-state index contributed by atoms with van der Waals surface area (Å²) >= 11 is 0. The number of fused-ring (bicyclic) bond motifs is 2. The fraction of sp³-hybridized carbons (Fsp3) is 0.415. The van der Waals surface area contributed by atoms with Crippen LogP contribution in [0.15, 0.2) is 96.3 Å². The number of piperazine rings is 1. The maximum atomic E-state index is 14.7. The largest absolute Gasteiger partial charge is 0.418 e. The summed E-state index contributed by atoms with van der Waals surface area (Å²) in [6, 6.07) is 20.4. The van der Waals surface area contributed by atoms with Crippen molar-refractivity contribution in [2.24, 2.45) is 7.05 Å². The third-order valence-electron chi connectivity index (χ3n) is 15.2. The summed E-state index contributed by atoms with van der Waals surface area (Å²) in [5.74, 6) is -0.692. The minimum atomic E-state index is -4.74. The molecule has 386 valence electrons. The van der Waals surface area contributed by atoms with Crippen molar-refractivity contribution in [1.29, 1.82) is 0 Å². The summed E-state index contributed by atoms with van der Waals surface area (Å²) < 4.78 is 54.3. The molecule has 1 unspecified atom stereocenters. The van der Waals surface area contributed by atoms with Gasteiger partial charge in [-0.15, -0.1) is 10.2 Å². The maximum Gasteiger partial charge on any atom is 0.418 e. The highest BCUT2D eigenvalue weighted by atomic mass is 19.4. The number of piperidine rings is 3. The average Bonchev–Trinajstić information content (AvgIpc) is 4.09. The Morgan fingerprint density at radius 3 is 2.30 bits per heavy atom. The van der Waals surface area contributed by atoms with E-state index in [1.165, 1.54) is 18.7 Å². The Labute approximate surface area is 423 Å². The summed E-state index contributed by atoms with van der Waals surface area (Å²) in [6.45, 7) is 5.81. The Morgan fingerprint density at radius 1 is 0.838 bits per heavy atom. The maximum absolute atomic E-state index is 14.7. The first kappa shape index (κ1) is 48.9. The zero-order chi connectivity index (χ0) is 51.4. The monoisotopic (exact) mass is 1020 g/mol. The number of likely N-dealkylation sites (tertiary alicyclic amines) is 2. The van der Waals surface area contributed by atoms with E-state index in [-0.39, 0.29) is 59.9 Å². The molecule has 0 saturated carbocycles. The smallest absolute Gasteiger partial charge is 0.380 e. The number of imide groups is 1. The zero-order valence-electron chi connectivity index (χ0n) is 40.8. The molecule has 4 saturated heterocycles. The number of hydrogen-bond acceptors (Lipinski definition) is 12. The number of aryl methyl sites for hydroxylation is 1. The van der Waals surface area contributed by atoms with E-state index in [0.717, 1.165) is 71.0 Å². The first-order valence-electron chi connectivity index (χ1n) is 25.2. The minimum Gasteiger partial charge on any atom is -0.380 e. The van der Waals surface area contributed by atoms with E-state index in [2.05, 4.69) is 30.2 Å². The van der Waals surface area contributed by atoms with Gasteiger partial charge in [-0.2, -0.15) is 13.2 Å². The van der Waals surface area contributed by atoms with E-state index in [0.29, 0.717) is 74.2 Å². The number of carbonyl (C=O) groups is 4. The molecule has 3 atom stereocenters. The van der Waals surface area contributed by atoms with Gasteiger partial charge in [0.05, 0.1) is 29.0 Å². The molecule has 4 fully saturated rings. The standard InChI is InChI=1S/C53H56F3N11O7/c1-60-32-57-59-48(60)47(69)35-4-2-5-39(25-35)65-31-45-43(53(54,55)56)24-33(28-67(45)52(65)73)27-61-17-3-6-41(30-61)74-40-15-18-64(19-16-40)50(71)34-7-9-37(10-8-34)62-20-22-63(23-21-62)38-11-12-42-36(26-38)29-66(51(42)72)44-13-14-46(68)58-49(44)70/h2,4-5,7-12,24-26,28,31-32,40-41,44,47,69H,3,6,13-23,27,29-30H2,1H3,(H,58,68,70)/t41-,44?,47-/m1/s1. The van der Waals surface area contributed by atoms with E-state index in [9.17, 15) is 42.3 Å². The van der Waals surface area contributed by atoms with Gasteiger partial charge in [0.15, 0.2) is 5.82 Å². The van der Waals surface area contributed by atoms with Crippen LogP contribution in [0.4, 0.5) is 24.5 Å². The van der Waals surface area contributed by atoms with Gasteiger partial charge in [0.2, 0.25) is 11.8 Å². The van der Waals surface area contributed by atoms with Gasteiger partial charge in [-0.05, 0) is 116 Å². The van der Waals surface area contributed by atoms with Crippen LogP contribution in [0.5, 0.6) is 0 Å². The topological polar surface area (TPSA) is 183 Å². The third-order valence-corrected chi connectivity index (χ3v) is 15.2. The molecular formula is C53H56F3N11O7. The second kappa shape index (κ2) is 19.8. The predicted molar refractivity (Wildman–Crippen MR) is 265 cm³/mol. The molecule has 0 spiro atoms. The molecule has 5 aliphatic heterocycles. The Morgan fingerprint density at radius 2 is 1.58 bits per heavy atom. The lowest BCUT2D eigenvalue weighted by atomic mass is 10.0. The van der Waals surface area contributed by atoms with Gasteiger partial charge >= 0.3 is 11.9 Å². The van der Waals surface area contributed by atoms with Crippen molar-refractivity contribution >= 4 is 40.5 Å². The minimum absolute atomic E-state index is 0.0369. The highest BCUT2D eigenvalue weighted by Gasteiger charge is 2.40. The van der Waals surface area contributed by atoms with E-state index in [4.69, 9.17) is 4.74 Å². The summed E-state index contributed by atoms with van der Waals surface area (Å²) in [4.78, 5) is 74.9. The third kappa shape index (κ3) is 9.66. The van der Waals surface area contributed by atoms with Crippen molar-refractivity contribution in [1.82, 2.24) is 43.7 Å². The molecule has 6 aromatic rings. The summed E-state index contributed by atoms with van der Waals surface area (Å²) in [7, 11) is 1.68. The van der Waals surface area contributed by atoms with Gasteiger partial charge in [0.25, 0.3) is 11.8 Å². The van der Waals surface area contributed by atoms with E-state index in [1.807, 2.05) is 47.4 Å².